The molecule has 0 heterocycles. The Balaban J connectivity index is 2.91. The van der Waals surface area contributed by atoms with Gasteiger partial charge in [0.25, 0.3) is 5.69 Å². The Labute approximate surface area is 118 Å². The number of hydrogen-bond donors (Lipinski definition) is 0. The SMILES string of the molecule is COC(=O)C(C)CSc1cc(Cl)c(F)cc1[N+](=O)[O-]. The summed E-state index contributed by atoms with van der Waals surface area (Å²) >= 11 is 6.65. The summed E-state index contributed by atoms with van der Waals surface area (Å²) in [5, 5.41) is 10.6. The molecular weight excluding hydrogens is 297 g/mol. The van der Waals surface area contributed by atoms with Crippen molar-refractivity contribution in [3.8, 4) is 0 Å². The Morgan fingerprint density at radius 2 is 2.26 bits per heavy atom. The number of nitro benzene ring substituents is 1. The number of esters is 1. The van der Waals surface area contributed by atoms with Crippen LogP contribution in [0.2, 0.25) is 5.02 Å². The number of carbonyl (C=O) groups is 1. The minimum Gasteiger partial charge on any atom is -0.469 e. The predicted octanol–water partition coefficient (Wildman–Crippen LogP) is 3.29. The lowest BCUT2D eigenvalue weighted by Gasteiger charge is -2.09. The molecule has 0 N–H and O–H groups in total. The number of nitrogens with zero attached hydrogens (tertiary/aromatic N) is 1. The monoisotopic (exact) mass is 307 g/mol. The molecule has 0 saturated heterocycles. The summed E-state index contributed by atoms with van der Waals surface area (Å²) in [4.78, 5) is 21.6. The molecule has 0 amide bonds. The van der Waals surface area contributed by atoms with E-state index in [1.54, 1.807) is 6.92 Å². The normalized spacial score (nSPS) is 12.0. The van der Waals surface area contributed by atoms with Crippen molar-refractivity contribution in [3.05, 3.63) is 33.1 Å². The van der Waals surface area contributed by atoms with Crippen molar-refractivity contribution in [2.45, 2.75) is 11.8 Å². The Morgan fingerprint density at radius 1 is 1.63 bits per heavy atom. The summed E-state index contributed by atoms with van der Waals surface area (Å²) in [5.41, 5.74) is -0.371. The van der Waals surface area contributed by atoms with E-state index in [1.165, 1.54) is 13.2 Å². The largest absolute Gasteiger partial charge is 0.469 e. The molecule has 1 rings (SSSR count). The second-order valence-corrected chi connectivity index (χ2v) is 5.20. The predicted molar refractivity (Wildman–Crippen MR) is 70.0 cm³/mol. The van der Waals surface area contributed by atoms with Gasteiger partial charge in [-0.3, -0.25) is 14.9 Å². The molecule has 1 atom stereocenters. The summed E-state index contributed by atoms with van der Waals surface area (Å²) < 4.78 is 17.7. The van der Waals surface area contributed by atoms with Gasteiger partial charge in [-0.2, -0.15) is 0 Å². The van der Waals surface area contributed by atoms with Gasteiger partial charge >= 0.3 is 5.97 Å². The molecule has 0 spiro atoms. The van der Waals surface area contributed by atoms with Crippen LogP contribution in [0.3, 0.4) is 0 Å². The number of benzene rings is 1. The third-order valence-electron chi connectivity index (χ3n) is 2.29. The van der Waals surface area contributed by atoms with Gasteiger partial charge in [0.05, 0.1) is 33.9 Å². The molecule has 0 aliphatic heterocycles. The van der Waals surface area contributed by atoms with Gasteiger partial charge < -0.3 is 4.74 Å². The third-order valence-corrected chi connectivity index (χ3v) is 3.89. The second kappa shape index (κ2) is 6.72. The topological polar surface area (TPSA) is 69.4 Å². The van der Waals surface area contributed by atoms with Gasteiger partial charge in [0.1, 0.15) is 5.82 Å². The maximum absolute atomic E-state index is 13.2. The quantitative estimate of drug-likeness (QED) is 0.361. The van der Waals surface area contributed by atoms with Gasteiger partial charge in [0.2, 0.25) is 0 Å². The molecule has 0 aliphatic carbocycles. The summed E-state index contributed by atoms with van der Waals surface area (Å²) in [7, 11) is 1.26. The lowest BCUT2D eigenvalue weighted by molar-refractivity contribution is -0.387. The zero-order valence-corrected chi connectivity index (χ0v) is 11.8. The van der Waals surface area contributed by atoms with E-state index in [1.807, 2.05) is 0 Å². The molecule has 1 unspecified atom stereocenters. The Kier molecular flexibility index (Phi) is 5.56. The fourth-order valence-corrected chi connectivity index (χ4v) is 2.54. The van der Waals surface area contributed by atoms with E-state index in [9.17, 15) is 19.3 Å². The molecule has 0 aliphatic rings. The lowest BCUT2D eigenvalue weighted by atomic mass is 10.2. The molecule has 0 saturated carbocycles. The van der Waals surface area contributed by atoms with E-state index in [2.05, 4.69) is 4.74 Å². The zero-order valence-electron chi connectivity index (χ0n) is 10.2. The van der Waals surface area contributed by atoms with Crippen molar-refractivity contribution in [3.63, 3.8) is 0 Å². The molecule has 19 heavy (non-hydrogen) atoms. The molecule has 5 nitrogen and oxygen atoms in total. The van der Waals surface area contributed by atoms with E-state index in [4.69, 9.17) is 11.6 Å². The van der Waals surface area contributed by atoms with Crippen molar-refractivity contribution in [1.82, 2.24) is 0 Å². The van der Waals surface area contributed by atoms with Crippen LogP contribution >= 0.6 is 23.4 Å². The fourth-order valence-electron chi connectivity index (χ4n) is 1.26. The summed E-state index contributed by atoms with van der Waals surface area (Å²) in [5.74, 6) is -1.42. The van der Waals surface area contributed by atoms with E-state index >= 15 is 0 Å². The van der Waals surface area contributed by atoms with E-state index in [0.717, 1.165) is 17.8 Å². The van der Waals surface area contributed by atoms with Crippen LogP contribution in [0, 0.1) is 21.8 Å². The number of rotatable bonds is 5. The number of carbonyl (C=O) groups excluding carboxylic acids is 1. The van der Waals surface area contributed by atoms with Crippen LogP contribution in [-0.2, 0) is 9.53 Å². The van der Waals surface area contributed by atoms with Crippen molar-refractivity contribution in [2.24, 2.45) is 5.92 Å². The minimum atomic E-state index is -0.848. The number of ether oxygens (including phenoxy) is 1. The number of thioether (sulfide) groups is 1. The first-order chi connectivity index (χ1) is 8.86. The average molecular weight is 308 g/mol. The standard InChI is InChI=1S/C11H11ClFNO4S/c1-6(11(15)18-2)5-19-10-3-7(12)8(13)4-9(10)14(16)17/h3-4,6H,5H2,1-2H3. The number of hydrogen-bond acceptors (Lipinski definition) is 5. The van der Waals surface area contributed by atoms with E-state index in [-0.39, 0.29) is 21.4 Å². The van der Waals surface area contributed by atoms with Crippen molar-refractivity contribution < 1.29 is 18.8 Å². The van der Waals surface area contributed by atoms with Crippen LogP contribution < -0.4 is 0 Å². The van der Waals surface area contributed by atoms with Gasteiger partial charge in [0, 0.05) is 5.75 Å². The highest BCUT2D eigenvalue weighted by atomic mass is 35.5. The molecule has 0 aromatic heterocycles. The van der Waals surface area contributed by atoms with Gasteiger partial charge in [-0.15, -0.1) is 11.8 Å². The third kappa shape index (κ3) is 4.07. The van der Waals surface area contributed by atoms with Crippen molar-refractivity contribution in [1.29, 1.82) is 0 Å². The number of halogens is 2. The van der Waals surface area contributed by atoms with Crippen LogP contribution in [-0.4, -0.2) is 23.8 Å². The van der Waals surface area contributed by atoms with E-state index in [0.29, 0.717) is 0 Å². The van der Waals surface area contributed by atoms with Gasteiger partial charge in [0.15, 0.2) is 0 Å². The highest BCUT2D eigenvalue weighted by molar-refractivity contribution is 7.99. The molecule has 1 aromatic carbocycles. The zero-order chi connectivity index (χ0) is 14.6. The Hall–Kier alpha value is -1.34. The van der Waals surface area contributed by atoms with Crippen molar-refractivity contribution >= 4 is 35.0 Å². The number of nitro groups is 1. The summed E-state index contributed by atoms with van der Waals surface area (Å²) in [6.07, 6.45) is 0. The molecule has 1 aromatic rings. The van der Waals surface area contributed by atoms with Crippen molar-refractivity contribution in [2.75, 3.05) is 12.9 Å². The molecule has 8 heteroatoms. The molecule has 0 fully saturated rings. The second-order valence-electron chi connectivity index (χ2n) is 3.73. The molecule has 104 valence electrons. The van der Waals surface area contributed by atoms with E-state index < -0.39 is 22.6 Å². The van der Waals surface area contributed by atoms with Crippen LogP contribution in [0.25, 0.3) is 0 Å². The summed E-state index contributed by atoms with van der Waals surface area (Å²) in [6, 6.07) is 1.96. The molecule has 0 bridgehead atoms. The smallest absolute Gasteiger partial charge is 0.309 e. The minimum absolute atomic E-state index is 0.196. The van der Waals surface area contributed by atoms with Crippen LogP contribution in [0.4, 0.5) is 10.1 Å². The van der Waals surface area contributed by atoms with Crippen LogP contribution in [0.1, 0.15) is 6.92 Å². The highest BCUT2D eigenvalue weighted by Crippen LogP contribution is 2.34. The first kappa shape index (κ1) is 15.7. The fraction of sp³-hybridized carbons (Fsp3) is 0.364. The summed E-state index contributed by atoms with van der Waals surface area (Å²) in [6.45, 7) is 1.63. The molecular formula is C11H11ClFNO4S. The maximum atomic E-state index is 13.2. The lowest BCUT2D eigenvalue weighted by Crippen LogP contribution is -2.14. The Bertz CT molecular complexity index is 512. The first-order valence-electron chi connectivity index (χ1n) is 5.20. The van der Waals surface area contributed by atoms with Gasteiger partial charge in [-0.25, -0.2) is 4.39 Å². The van der Waals surface area contributed by atoms with Gasteiger partial charge in [-0.05, 0) is 6.07 Å². The van der Waals surface area contributed by atoms with Crippen LogP contribution in [0.5, 0.6) is 0 Å². The average Bonchev–Trinajstić information content (AvgIpc) is 2.37. The van der Waals surface area contributed by atoms with Gasteiger partial charge in [-0.1, -0.05) is 18.5 Å². The number of methoxy groups -OCH3 is 1. The Morgan fingerprint density at radius 3 is 2.79 bits per heavy atom. The first-order valence-corrected chi connectivity index (χ1v) is 6.57. The maximum Gasteiger partial charge on any atom is 0.309 e. The highest BCUT2D eigenvalue weighted by Gasteiger charge is 2.20. The van der Waals surface area contributed by atoms with Crippen LogP contribution in [0.15, 0.2) is 17.0 Å². The molecule has 0 radical (unpaired) electrons.